The van der Waals surface area contributed by atoms with E-state index in [4.69, 9.17) is 0 Å². The van der Waals surface area contributed by atoms with Crippen LogP contribution in [0.15, 0.2) is 18.2 Å². The molecular weight excluding hydrogens is 227 g/mol. The van der Waals surface area contributed by atoms with Crippen molar-refractivity contribution in [2.24, 2.45) is 0 Å². The van der Waals surface area contributed by atoms with E-state index < -0.39 is 0 Å². The lowest BCUT2D eigenvalue weighted by Crippen LogP contribution is -2.07. The van der Waals surface area contributed by atoms with Crippen molar-refractivity contribution >= 4 is 10.9 Å². The molecule has 1 fully saturated rings. The van der Waals surface area contributed by atoms with Gasteiger partial charge >= 0.3 is 0 Å². The first kappa shape index (κ1) is 11.6. The minimum absolute atomic E-state index is 0.183. The third-order valence-electron chi connectivity index (χ3n) is 3.84. The van der Waals surface area contributed by atoms with Gasteiger partial charge in [-0.15, -0.1) is 0 Å². The lowest BCUT2D eigenvalue weighted by Gasteiger charge is -2.20. The number of fused-ring (bicyclic) bond motifs is 1. The molecule has 1 aliphatic carbocycles. The van der Waals surface area contributed by atoms with E-state index >= 15 is 0 Å². The first-order valence-corrected chi connectivity index (χ1v) is 6.67. The summed E-state index contributed by atoms with van der Waals surface area (Å²) in [6.45, 7) is 1.87. The van der Waals surface area contributed by atoms with E-state index in [9.17, 15) is 4.39 Å². The average Bonchev–Trinajstić information content (AvgIpc) is 2.39. The lowest BCUT2D eigenvalue weighted by atomic mass is 9.86. The second kappa shape index (κ2) is 4.63. The van der Waals surface area contributed by atoms with Gasteiger partial charge in [0.25, 0.3) is 0 Å². The highest BCUT2D eigenvalue weighted by Gasteiger charge is 2.18. The number of nitrogens with zero attached hydrogens (tertiary/aromatic N) is 2. The van der Waals surface area contributed by atoms with Gasteiger partial charge in [0.05, 0.1) is 11.2 Å². The number of hydrogen-bond donors (Lipinski definition) is 0. The molecule has 94 valence electrons. The van der Waals surface area contributed by atoms with Gasteiger partial charge in [0, 0.05) is 11.3 Å². The Bertz CT molecular complexity index is 574. The van der Waals surface area contributed by atoms with Crippen molar-refractivity contribution in [2.45, 2.75) is 44.9 Å². The van der Waals surface area contributed by atoms with Gasteiger partial charge in [-0.1, -0.05) is 19.3 Å². The molecule has 1 aliphatic rings. The predicted molar refractivity (Wildman–Crippen MR) is 70.1 cm³/mol. The molecule has 0 radical (unpaired) electrons. The molecule has 0 amide bonds. The zero-order chi connectivity index (χ0) is 12.5. The van der Waals surface area contributed by atoms with Gasteiger partial charge in [-0.05, 0) is 43.5 Å². The van der Waals surface area contributed by atoms with Crippen LogP contribution in [0.3, 0.4) is 0 Å². The minimum Gasteiger partial charge on any atom is -0.206 e. The predicted octanol–water partition coefficient (Wildman–Crippen LogP) is 4.13. The van der Waals surface area contributed by atoms with Gasteiger partial charge in [-0.2, -0.15) is 10.2 Å². The topological polar surface area (TPSA) is 25.8 Å². The summed E-state index contributed by atoms with van der Waals surface area (Å²) in [6, 6.07) is 5.35. The fourth-order valence-electron chi connectivity index (χ4n) is 2.85. The fourth-order valence-corrected chi connectivity index (χ4v) is 2.85. The molecule has 1 saturated carbocycles. The smallest absolute Gasteiger partial charge is 0.132 e. The monoisotopic (exact) mass is 244 g/mol. The molecule has 18 heavy (non-hydrogen) atoms. The second-order valence-corrected chi connectivity index (χ2v) is 5.28. The van der Waals surface area contributed by atoms with E-state index in [0.29, 0.717) is 16.8 Å². The molecule has 0 atom stereocenters. The van der Waals surface area contributed by atoms with E-state index in [2.05, 4.69) is 10.2 Å². The first-order valence-electron chi connectivity index (χ1n) is 6.67. The van der Waals surface area contributed by atoms with Crippen molar-refractivity contribution in [2.75, 3.05) is 0 Å². The molecule has 3 heteroatoms. The zero-order valence-corrected chi connectivity index (χ0v) is 10.6. The van der Waals surface area contributed by atoms with Crippen molar-refractivity contribution in [3.8, 4) is 0 Å². The maximum Gasteiger partial charge on any atom is 0.132 e. The summed E-state index contributed by atoms with van der Waals surface area (Å²) >= 11 is 0. The summed E-state index contributed by atoms with van der Waals surface area (Å²) in [6.07, 6.45) is 6.13. The molecule has 0 bridgehead atoms. The van der Waals surface area contributed by atoms with Crippen LogP contribution in [0, 0.1) is 12.7 Å². The van der Waals surface area contributed by atoms with Crippen molar-refractivity contribution in [1.29, 1.82) is 0 Å². The fraction of sp³-hybridized carbons (Fsp3) is 0.467. The second-order valence-electron chi connectivity index (χ2n) is 5.28. The van der Waals surface area contributed by atoms with Crippen molar-refractivity contribution in [3.05, 3.63) is 35.3 Å². The lowest BCUT2D eigenvalue weighted by molar-refractivity contribution is 0.434. The van der Waals surface area contributed by atoms with Crippen LogP contribution in [0.4, 0.5) is 4.39 Å². The van der Waals surface area contributed by atoms with Crippen LogP contribution in [0.1, 0.15) is 49.3 Å². The number of aryl methyl sites for hydroxylation is 1. The van der Waals surface area contributed by atoms with Gasteiger partial charge in [-0.3, -0.25) is 0 Å². The summed E-state index contributed by atoms with van der Waals surface area (Å²) in [5, 5.41) is 9.09. The summed E-state index contributed by atoms with van der Waals surface area (Å²) in [4.78, 5) is 0. The SMILES string of the molecule is Cc1cc(F)c2cc(C3CCCCC3)nnc2c1. The van der Waals surface area contributed by atoms with Crippen LogP contribution in [0.2, 0.25) is 0 Å². The number of aromatic nitrogens is 2. The van der Waals surface area contributed by atoms with E-state index in [1.54, 1.807) is 6.07 Å². The highest BCUT2D eigenvalue weighted by atomic mass is 19.1. The summed E-state index contributed by atoms with van der Waals surface area (Å²) < 4.78 is 13.9. The minimum atomic E-state index is -0.183. The standard InChI is InChI=1S/C15H17FN2/c1-10-7-13(16)12-9-14(17-18-15(12)8-10)11-5-3-2-4-6-11/h7-9,11H,2-6H2,1H3. The van der Waals surface area contributed by atoms with Gasteiger partial charge in [-0.25, -0.2) is 4.39 Å². The quantitative estimate of drug-likeness (QED) is 0.754. The molecule has 1 aromatic heterocycles. The Morgan fingerprint density at radius 2 is 1.83 bits per heavy atom. The van der Waals surface area contributed by atoms with E-state index in [1.165, 1.54) is 19.3 Å². The Hall–Kier alpha value is -1.51. The van der Waals surface area contributed by atoms with Gasteiger partial charge in [0.1, 0.15) is 5.82 Å². The van der Waals surface area contributed by atoms with Crippen LogP contribution in [-0.2, 0) is 0 Å². The molecule has 1 aromatic carbocycles. The van der Waals surface area contributed by atoms with Crippen molar-refractivity contribution < 1.29 is 4.39 Å². The van der Waals surface area contributed by atoms with Gasteiger partial charge in [0.2, 0.25) is 0 Å². The van der Waals surface area contributed by atoms with E-state index in [-0.39, 0.29) is 5.82 Å². The van der Waals surface area contributed by atoms with E-state index in [0.717, 1.165) is 24.1 Å². The van der Waals surface area contributed by atoms with Crippen LogP contribution in [0.25, 0.3) is 10.9 Å². The number of benzene rings is 1. The summed E-state index contributed by atoms with van der Waals surface area (Å²) in [5.41, 5.74) is 2.51. The Labute approximate surface area is 106 Å². The third-order valence-corrected chi connectivity index (χ3v) is 3.84. The Morgan fingerprint density at radius 3 is 2.61 bits per heavy atom. The first-order chi connectivity index (χ1) is 8.74. The Kier molecular flexibility index (Phi) is 2.98. The largest absolute Gasteiger partial charge is 0.206 e. The molecule has 1 heterocycles. The number of hydrogen-bond acceptors (Lipinski definition) is 2. The highest BCUT2D eigenvalue weighted by Crippen LogP contribution is 2.32. The van der Waals surface area contributed by atoms with Crippen molar-refractivity contribution in [1.82, 2.24) is 10.2 Å². The number of rotatable bonds is 1. The molecule has 0 unspecified atom stereocenters. The molecule has 0 N–H and O–H groups in total. The van der Waals surface area contributed by atoms with Gasteiger partial charge in [0.15, 0.2) is 0 Å². The molecule has 0 spiro atoms. The van der Waals surface area contributed by atoms with Crippen LogP contribution in [-0.4, -0.2) is 10.2 Å². The molecular formula is C15H17FN2. The molecule has 3 rings (SSSR count). The van der Waals surface area contributed by atoms with Crippen LogP contribution >= 0.6 is 0 Å². The van der Waals surface area contributed by atoms with Crippen molar-refractivity contribution in [3.63, 3.8) is 0 Å². The average molecular weight is 244 g/mol. The summed E-state index contributed by atoms with van der Waals surface area (Å²) in [5.74, 6) is 0.285. The number of halogens is 1. The highest BCUT2D eigenvalue weighted by molar-refractivity contribution is 5.79. The molecule has 2 nitrogen and oxygen atoms in total. The Morgan fingerprint density at radius 1 is 1.06 bits per heavy atom. The van der Waals surface area contributed by atoms with E-state index in [1.807, 2.05) is 19.1 Å². The summed E-state index contributed by atoms with van der Waals surface area (Å²) in [7, 11) is 0. The molecule has 0 aliphatic heterocycles. The van der Waals surface area contributed by atoms with Crippen LogP contribution < -0.4 is 0 Å². The third kappa shape index (κ3) is 2.09. The normalized spacial score (nSPS) is 17.2. The maximum atomic E-state index is 13.9. The Balaban J connectivity index is 2.04. The van der Waals surface area contributed by atoms with Gasteiger partial charge < -0.3 is 0 Å². The van der Waals surface area contributed by atoms with Crippen LogP contribution in [0.5, 0.6) is 0 Å². The molecule has 2 aromatic rings. The zero-order valence-electron chi connectivity index (χ0n) is 10.6. The maximum absolute atomic E-state index is 13.9. The molecule has 0 saturated heterocycles.